The molecule has 0 aliphatic carbocycles. The Bertz CT molecular complexity index is 942. The van der Waals surface area contributed by atoms with Crippen LogP contribution < -0.4 is 10.1 Å². The third kappa shape index (κ3) is 4.81. The average molecular weight is 408 g/mol. The van der Waals surface area contributed by atoms with Gasteiger partial charge in [0.25, 0.3) is 0 Å². The number of hydrogen-bond acceptors (Lipinski definition) is 7. The second-order valence-electron chi connectivity index (χ2n) is 5.75. The normalized spacial score (nSPS) is 12.0. The number of nitrogens with one attached hydrogen (secondary N) is 1. The molecule has 3 aromatic rings. The van der Waals surface area contributed by atoms with E-state index < -0.39 is 5.25 Å². The molecule has 1 atom stereocenters. The Kier molecular flexibility index (Phi) is 6.02. The van der Waals surface area contributed by atoms with Gasteiger partial charge in [0.1, 0.15) is 18.1 Å². The lowest BCUT2D eigenvalue weighted by Crippen LogP contribution is -2.23. The van der Waals surface area contributed by atoms with Crippen molar-refractivity contribution >= 4 is 35.1 Å². The highest BCUT2D eigenvalue weighted by Gasteiger charge is 2.20. The molecule has 1 aromatic carbocycles. The molecule has 0 aliphatic heterocycles. The summed E-state index contributed by atoms with van der Waals surface area (Å²) in [5.74, 6) is 2.01. The van der Waals surface area contributed by atoms with Gasteiger partial charge >= 0.3 is 0 Å². The van der Waals surface area contributed by atoms with Gasteiger partial charge in [-0.3, -0.25) is 4.79 Å². The van der Waals surface area contributed by atoms with E-state index in [0.717, 1.165) is 0 Å². The molecular weight excluding hydrogens is 390 g/mol. The summed E-state index contributed by atoms with van der Waals surface area (Å²) in [6.07, 6.45) is 0. The van der Waals surface area contributed by atoms with Crippen LogP contribution in [0.4, 0.5) is 5.82 Å². The number of hydrogen-bond donors (Lipinski definition) is 1. The summed E-state index contributed by atoms with van der Waals surface area (Å²) >= 11 is 7.37. The molecule has 0 bridgehead atoms. The minimum Gasteiger partial charge on any atom is -0.484 e. The van der Waals surface area contributed by atoms with Crippen molar-refractivity contribution in [2.24, 2.45) is 7.05 Å². The third-order valence-corrected chi connectivity index (χ3v) is 5.10. The van der Waals surface area contributed by atoms with Crippen molar-refractivity contribution in [1.82, 2.24) is 19.9 Å². The number of amides is 1. The van der Waals surface area contributed by atoms with Gasteiger partial charge in [-0.15, -0.1) is 10.2 Å². The van der Waals surface area contributed by atoms with Crippen LogP contribution in [-0.4, -0.2) is 31.1 Å². The molecule has 2 heterocycles. The monoisotopic (exact) mass is 407 g/mol. The molecule has 142 valence electrons. The molecule has 10 heteroatoms. The number of aromatic nitrogens is 4. The highest BCUT2D eigenvalue weighted by molar-refractivity contribution is 8.00. The molecule has 8 nitrogen and oxygen atoms in total. The van der Waals surface area contributed by atoms with Crippen molar-refractivity contribution in [2.45, 2.75) is 30.9 Å². The van der Waals surface area contributed by atoms with Crippen LogP contribution in [0.1, 0.15) is 18.5 Å². The third-order valence-electron chi connectivity index (χ3n) is 3.65. The summed E-state index contributed by atoms with van der Waals surface area (Å²) in [7, 11) is 1.82. The molecule has 0 spiro atoms. The first-order valence-electron chi connectivity index (χ1n) is 8.10. The fourth-order valence-electron chi connectivity index (χ4n) is 2.14. The van der Waals surface area contributed by atoms with Crippen LogP contribution in [0.3, 0.4) is 0 Å². The zero-order valence-electron chi connectivity index (χ0n) is 15.0. The number of para-hydroxylation sites is 1. The Morgan fingerprint density at radius 1 is 1.41 bits per heavy atom. The lowest BCUT2D eigenvalue weighted by Gasteiger charge is -2.10. The Balaban J connectivity index is 1.59. The van der Waals surface area contributed by atoms with E-state index in [-0.39, 0.29) is 12.5 Å². The first-order valence-corrected chi connectivity index (χ1v) is 9.36. The highest BCUT2D eigenvalue weighted by atomic mass is 35.5. The standard InChI is InChI=1S/C17H18ClN5O3S/c1-10-8-14(22-26-10)19-16(24)11(2)27-17-21-20-15(23(17)3)9-25-13-7-5-4-6-12(13)18/h4-8,11H,9H2,1-3H3,(H,19,22,24). The summed E-state index contributed by atoms with van der Waals surface area (Å²) in [6.45, 7) is 3.75. The Morgan fingerprint density at radius 2 is 2.19 bits per heavy atom. The van der Waals surface area contributed by atoms with Crippen LogP contribution in [0.2, 0.25) is 5.02 Å². The Morgan fingerprint density at radius 3 is 2.89 bits per heavy atom. The van der Waals surface area contributed by atoms with Gasteiger partial charge in [0, 0.05) is 13.1 Å². The minimum atomic E-state index is -0.401. The number of ether oxygens (including phenoxy) is 1. The fraction of sp³-hybridized carbons (Fsp3) is 0.294. The lowest BCUT2D eigenvalue weighted by molar-refractivity contribution is -0.115. The molecule has 0 fully saturated rings. The number of halogens is 1. The quantitative estimate of drug-likeness (QED) is 0.599. The molecule has 1 N–H and O–H groups in total. The van der Waals surface area contributed by atoms with Crippen molar-refractivity contribution in [1.29, 1.82) is 0 Å². The van der Waals surface area contributed by atoms with Crippen LogP contribution in [-0.2, 0) is 18.4 Å². The highest BCUT2D eigenvalue weighted by Crippen LogP contribution is 2.25. The number of aryl methyl sites for hydroxylation is 1. The van der Waals surface area contributed by atoms with Gasteiger partial charge in [-0.2, -0.15) is 0 Å². The van der Waals surface area contributed by atoms with E-state index in [0.29, 0.717) is 33.3 Å². The zero-order chi connectivity index (χ0) is 19.4. The van der Waals surface area contributed by atoms with Crippen LogP contribution in [0.5, 0.6) is 5.75 Å². The van der Waals surface area contributed by atoms with Crippen molar-refractivity contribution in [3.63, 3.8) is 0 Å². The first kappa shape index (κ1) is 19.2. The molecule has 27 heavy (non-hydrogen) atoms. The van der Waals surface area contributed by atoms with Crippen molar-refractivity contribution in [2.75, 3.05) is 5.32 Å². The van der Waals surface area contributed by atoms with Gasteiger partial charge < -0.3 is 19.1 Å². The Labute approximate surface area is 165 Å². The summed E-state index contributed by atoms with van der Waals surface area (Å²) in [5.41, 5.74) is 0. The summed E-state index contributed by atoms with van der Waals surface area (Å²) in [5, 5.41) is 15.4. The maximum atomic E-state index is 12.3. The Hall–Kier alpha value is -2.52. The van der Waals surface area contributed by atoms with E-state index in [1.54, 1.807) is 36.6 Å². The van der Waals surface area contributed by atoms with E-state index in [1.807, 2.05) is 19.2 Å². The van der Waals surface area contributed by atoms with Gasteiger partial charge in [-0.05, 0) is 26.0 Å². The van der Waals surface area contributed by atoms with Crippen molar-refractivity contribution in [3.05, 3.63) is 46.9 Å². The van der Waals surface area contributed by atoms with Gasteiger partial charge in [-0.1, -0.05) is 40.7 Å². The second kappa shape index (κ2) is 8.45. The summed E-state index contributed by atoms with van der Waals surface area (Å²) in [4.78, 5) is 12.3. The number of carbonyl (C=O) groups excluding carboxylic acids is 1. The van der Waals surface area contributed by atoms with E-state index >= 15 is 0 Å². The maximum Gasteiger partial charge on any atom is 0.238 e. The molecule has 0 aliphatic rings. The molecule has 1 amide bonds. The summed E-state index contributed by atoms with van der Waals surface area (Å²) in [6, 6.07) is 8.87. The summed E-state index contributed by atoms with van der Waals surface area (Å²) < 4.78 is 12.4. The number of nitrogens with zero attached hydrogens (tertiary/aromatic N) is 4. The van der Waals surface area contributed by atoms with Gasteiger partial charge in [0.05, 0.1) is 10.3 Å². The van der Waals surface area contributed by atoms with E-state index in [2.05, 4.69) is 20.7 Å². The topological polar surface area (TPSA) is 95.1 Å². The fourth-order valence-corrected chi connectivity index (χ4v) is 3.17. The molecule has 2 aromatic heterocycles. The largest absolute Gasteiger partial charge is 0.484 e. The van der Waals surface area contributed by atoms with Crippen molar-refractivity contribution < 1.29 is 14.1 Å². The van der Waals surface area contributed by atoms with Crippen molar-refractivity contribution in [3.8, 4) is 5.75 Å². The number of thioether (sulfide) groups is 1. The van der Waals surface area contributed by atoms with Crippen LogP contribution >= 0.6 is 23.4 Å². The molecule has 1 unspecified atom stereocenters. The number of rotatable bonds is 7. The molecule has 0 radical (unpaired) electrons. The van der Waals surface area contributed by atoms with Gasteiger partial charge in [0.15, 0.2) is 16.8 Å². The number of carbonyl (C=O) groups is 1. The number of benzene rings is 1. The SMILES string of the molecule is Cc1cc(NC(=O)C(C)Sc2nnc(COc3ccccc3Cl)n2C)no1. The average Bonchev–Trinajstić information content (AvgIpc) is 3.20. The van der Waals surface area contributed by atoms with Crippen LogP contribution in [0.15, 0.2) is 40.0 Å². The second-order valence-corrected chi connectivity index (χ2v) is 7.46. The van der Waals surface area contributed by atoms with E-state index in [9.17, 15) is 4.79 Å². The lowest BCUT2D eigenvalue weighted by atomic mass is 10.3. The minimum absolute atomic E-state index is 0.204. The number of anilines is 1. The van der Waals surface area contributed by atoms with E-state index in [4.69, 9.17) is 20.9 Å². The molecule has 3 rings (SSSR count). The smallest absolute Gasteiger partial charge is 0.238 e. The predicted octanol–water partition coefficient (Wildman–Crippen LogP) is 3.46. The molecule has 0 saturated heterocycles. The zero-order valence-corrected chi connectivity index (χ0v) is 16.5. The van der Waals surface area contributed by atoms with Crippen LogP contribution in [0.25, 0.3) is 0 Å². The van der Waals surface area contributed by atoms with Gasteiger partial charge in [-0.25, -0.2) is 0 Å². The predicted molar refractivity (Wildman–Crippen MR) is 102 cm³/mol. The first-order chi connectivity index (χ1) is 12.9. The van der Waals surface area contributed by atoms with Gasteiger partial charge in [0.2, 0.25) is 5.91 Å². The molecular formula is C17H18ClN5O3S. The maximum absolute atomic E-state index is 12.3. The molecule has 0 saturated carbocycles. The van der Waals surface area contributed by atoms with Crippen LogP contribution in [0, 0.1) is 6.92 Å². The van der Waals surface area contributed by atoms with E-state index in [1.165, 1.54) is 11.8 Å².